The molecule has 0 bridgehead atoms. The van der Waals surface area contributed by atoms with Crippen molar-refractivity contribution in [3.8, 4) is 17.6 Å². The molecule has 2 aromatic carbocycles. The fourth-order valence-corrected chi connectivity index (χ4v) is 4.91. The summed E-state index contributed by atoms with van der Waals surface area (Å²) in [6.07, 6.45) is 0.811. The molecule has 1 aliphatic heterocycles. The maximum Gasteiger partial charge on any atom is 0.265 e. The lowest BCUT2D eigenvalue weighted by Gasteiger charge is -2.20. The lowest BCUT2D eigenvalue weighted by Crippen LogP contribution is -2.31. The Labute approximate surface area is 182 Å². The van der Waals surface area contributed by atoms with E-state index in [9.17, 15) is 13.2 Å². The van der Waals surface area contributed by atoms with Crippen molar-refractivity contribution in [2.24, 2.45) is 0 Å². The summed E-state index contributed by atoms with van der Waals surface area (Å²) < 4.78 is 38.7. The van der Waals surface area contributed by atoms with Crippen molar-refractivity contribution in [3.63, 3.8) is 0 Å². The summed E-state index contributed by atoms with van der Waals surface area (Å²) in [5.74, 6) is 0.276. The largest absolute Gasteiger partial charge is 0.492 e. The molecule has 1 amide bonds. The van der Waals surface area contributed by atoms with Gasteiger partial charge in [0.2, 0.25) is 10.0 Å². The summed E-state index contributed by atoms with van der Waals surface area (Å²) in [5, 5.41) is 11.6. The number of carbonyl (C=O) groups is 1. The number of hydrogen-bond acceptors (Lipinski definition) is 6. The van der Waals surface area contributed by atoms with Gasteiger partial charge in [0.05, 0.1) is 18.2 Å². The maximum atomic E-state index is 13.1. The SMILES string of the molecule is CCOc1ccc(NC(=O)[C@@H](C)Oc2ccc(C#N)cc2)cc1S(=O)(=O)N1CCCC1. The third kappa shape index (κ3) is 5.34. The number of hydrogen-bond donors (Lipinski definition) is 1. The Morgan fingerprint density at radius 1 is 1.19 bits per heavy atom. The number of amides is 1. The predicted molar refractivity (Wildman–Crippen MR) is 115 cm³/mol. The van der Waals surface area contributed by atoms with Crippen LogP contribution in [-0.2, 0) is 14.8 Å². The van der Waals surface area contributed by atoms with Gasteiger partial charge in [0, 0.05) is 18.8 Å². The van der Waals surface area contributed by atoms with Crippen molar-refractivity contribution in [1.29, 1.82) is 5.26 Å². The van der Waals surface area contributed by atoms with Crippen LogP contribution in [0.25, 0.3) is 0 Å². The molecule has 0 saturated carbocycles. The third-order valence-corrected chi connectivity index (χ3v) is 6.78. The number of benzene rings is 2. The van der Waals surface area contributed by atoms with Crippen LogP contribution < -0.4 is 14.8 Å². The highest BCUT2D eigenvalue weighted by Crippen LogP contribution is 2.31. The minimum Gasteiger partial charge on any atom is -0.492 e. The summed E-state index contributed by atoms with van der Waals surface area (Å²) in [5.41, 5.74) is 0.826. The molecule has 0 spiro atoms. The highest BCUT2D eigenvalue weighted by atomic mass is 32.2. The molecule has 1 atom stereocenters. The highest BCUT2D eigenvalue weighted by molar-refractivity contribution is 7.89. The minimum atomic E-state index is -3.73. The zero-order valence-corrected chi connectivity index (χ0v) is 18.3. The zero-order chi connectivity index (χ0) is 22.4. The molecule has 0 unspecified atom stereocenters. The van der Waals surface area contributed by atoms with Gasteiger partial charge in [-0.15, -0.1) is 0 Å². The molecule has 31 heavy (non-hydrogen) atoms. The molecule has 1 fully saturated rings. The van der Waals surface area contributed by atoms with Gasteiger partial charge in [-0.2, -0.15) is 9.57 Å². The standard InChI is InChI=1S/C22H25N3O5S/c1-3-29-20-11-8-18(14-21(20)31(27,28)25-12-4-5-13-25)24-22(26)16(2)30-19-9-6-17(15-23)7-10-19/h6-11,14,16H,3-5,12-13H2,1-2H3,(H,24,26)/t16-/m1/s1. The van der Waals surface area contributed by atoms with E-state index in [-0.39, 0.29) is 10.6 Å². The number of nitriles is 1. The van der Waals surface area contributed by atoms with Crippen molar-refractivity contribution in [2.45, 2.75) is 37.7 Å². The average molecular weight is 444 g/mol. The summed E-state index contributed by atoms with van der Waals surface area (Å²) in [6.45, 7) is 4.64. The first-order valence-electron chi connectivity index (χ1n) is 10.1. The van der Waals surface area contributed by atoms with E-state index in [1.807, 2.05) is 6.07 Å². The molecule has 8 nitrogen and oxygen atoms in total. The van der Waals surface area contributed by atoms with Crippen LogP contribution >= 0.6 is 0 Å². The van der Waals surface area contributed by atoms with E-state index in [2.05, 4.69) is 5.32 Å². The van der Waals surface area contributed by atoms with Crippen molar-refractivity contribution in [2.75, 3.05) is 25.0 Å². The van der Waals surface area contributed by atoms with Crippen molar-refractivity contribution < 1.29 is 22.7 Å². The van der Waals surface area contributed by atoms with Crippen LogP contribution in [0.15, 0.2) is 47.4 Å². The van der Waals surface area contributed by atoms with E-state index >= 15 is 0 Å². The number of sulfonamides is 1. The van der Waals surface area contributed by atoms with Gasteiger partial charge in [0.15, 0.2) is 6.10 Å². The fourth-order valence-electron chi connectivity index (χ4n) is 3.24. The molecule has 0 aliphatic carbocycles. The quantitative estimate of drug-likeness (QED) is 0.671. The normalized spacial score (nSPS) is 15.1. The van der Waals surface area contributed by atoms with Gasteiger partial charge in [-0.25, -0.2) is 8.42 Å². The van der Waals surface area contributed by atoms with Crippen LogP contribution in [0.5, 0.6) is 11.5 Å². The van der Waals surface area contributed by atoms with Crippen LogP contribution in [0.2, 0.25) is 0 Å². The Balaban J connectivity index is 1.77. The van der Waals surface area contributed by atoms with Gasteiger partial charge < -0.3 is 14.8 Å². The van der Waals surface area contributed by atoms with Crippen LogP contribution in [0.3, 0.4) is 0 Å². The van der Waals surface area contributed by atoms with E-state index in [0.29, 0.717) is 36.7 Å². The lowest BCUT2D eigenvalue weighted by molar-refractivity contribution is -0.122. The van der Waals surface area contributed by atoms with Gasteiger partial charge in [-0.05, 0) is 69.2 Å². The first-order chi connectivity index (χ1) is 14.8. The number of nitrogens with zero attached hydrogens (tertiary/aromatic N) is 2. The first kappa shape index (κ1) is 22.6. The van der Waals surface area contributed by atoms with E-state index in [0.717, 1.165) is 12.8 Å². The first-order valence-corrected chi connectivity index (χ1v) is 11.5. The number of ether oxygens (including phenoxy) is 2. The number of rotatable bonds is 8. The Morgan fingerprint density at radius 2 is 1.87 bits per heavy atom. The molecule has 0 radical (unpaired) electrons. The molecular weight excluding hydrogens is 418 g/mol. The molecule has 164 valence electrons. The van der Waals surface area contributed by atoms with E-state index < -0.39 is 22.0 Å². The van der Waals surface area contributed by atoms with Crippen molar-refractivity contribution in [3.05, 3.63) is 48.0 Å². The Bertz CT molecular complexity index is 1070. The molecule has 3 rings (SSSR count). The van der Waals surface area contributed by atoms with Crippen LogP contribution in [-0.4, -0.2) is 44.4 Å². The second kappa shape index (κ2) is 9.81. The highest BCUT2D eigenvalue weighted by Gasteiger charge is 2.30. The fraction of sp³-hybridized carbons (Fsp3) is 0.364. The van der Waals surface area contributed by atoms with Gasteiger partial charge in [0.1, 0.15) is 16.4 Å². The molecule has 2 aromatic rings. The topological polar surface area (TPSA) is 109 Å². The van der Waals surface area contributed by atoms with Crippen LogP contribution in [0.4, 0.5) is 5.69 Å². The molecule has 0 aromatic heterocycles. The molecular formula is C22H25N3O5S. The Hall–Kier alpha value is -3.09. The molecule has 1 saturated heterocycles. The van der Waals surface area contributed by atoms with E-state index in [4.69, 9.17) is 14.7 Å². The monoisotopic (exact) mass is 443 g/mol. The third-order valence-electron chi connectivity index (χ3n) is 4.86. The number of anilines is 1. The molecule has 9 heteroatoms. The van der Waals surface area contributed by atoms with Crippen molar-refractivity contribution >= 4 is 21.6 Å². The lowest BCUT2D eigenvalue weighted by atomic mass is 10.2. The van der Waals surface area contributed by atoms with Crippen LogP contribution in [0, 0.1) is 11.3 Å². The predicted octanol–water partition coefficient (Wildman–Crippen LogP) is 3.15. The van der Waals surface area contributed by atoms with Gasteiger partial charge in [0.25, 0.3) is 5.91 Å². The average Bonchev–Trinajstić information content (AvgIpc) is 3.31. The molecule has 1 heterocycles. The van der Waals surface area contributed by atoms with Gasteiger partial charge >= 0.3 is 0 Å². The summed E-state index contributed by atoms with van der Waals surface area (Å²) >= 11 is 0. The smallest absolute Gasteiger partial charge is 0.265 e. The minimum absolute atomic E-state index is 0.0368. The number of nitrogens with one attached hydrogen (secondary N) is 1. The molecule has 1 N–H and O–H groups in total. The summed E-state index contributed by atoms with van der Waals surface area (Å²) in [4.78, 5) is 12.6. The second-order valence-corrected chi connectivity index (χ2v) is 9.00. The second-order valence-electron chi connectivity index (χ2n) is 7.09. The summed E-state index contributed by atoms with van der Waals surface area (Å²) in [6, 6.07) is 13.0. The maximum absolute atomic E-state index is 13.1. The van der Waals surface area contributed by atoms with Gasteiger partial charge in [-0.1, -0.05) is 0 Å². The van der Waals surface area contributed by atoms with Gasteiger partial charge in [-0.3, -0.25) is 4.79 Å². The van der Waals surface area contributed by atoms with Crippen molar-refractivity contribution in [1.82, 2.24) is 4.31 Å². The zero-order valence-electron chi connectivity index (χ0n) is 17.5. The molecule has 1 aliphatic rings. The van der Waals surface area contributed by atoms with E-state index in [1.165, 1.54) is 10.4 Å². The Kier molecular flexibility index (Phi) is 7.15. The summed E-state index contributed by atoms with van der Waals surface area (Å²) in [7, 11) is -3.73. The van der Waals surface area contributed by atoms with E-state index in [1.54, 1.807) is 50.2 Å². The number of carbonyl (C=O) groups excluding carboxylic acids is 1. The van der Waals surface area contributed by atoms with Crippen LogP contribution in [0.1, 0.15) is 32.3 Å². The Morgan fingerprint density at radius 3 is 2.48 bits per heavy atom.